The Morgan fingerprint density at radius 1 is 1.14 bits per heavy atom. The van der Waals surface area contributed by atoms with Crippen molar-refractivity contribution in [3.63, 3.8) is 0 Å². The number of hydrogen-bond donors (Lipinski definition) is 1. The van der Waals surface area contributed by atoms with Crippen LogP contribution in [0.1, 0.15) is 49.7 Å². The molecule has 1 spiro atoms. The van der Waals surface area contributed by atoms with Crippen molar-refractivity contribution in [2.75, 3.05) is 44.8 Å². The summed E-state index contributed by atoms with van der Waals surface area (Å²) in [5.41, 5.74) is 5.06. The molecule has 3 saturated heterocycles. The van der Waals surface area contributed by atoms with Gasteiger partial charge in [0.25, 0.3) is 0 Å². The maximum atomic E-state index is 14.7. The zero-order valence-electron chi connectivity index (χ0n) is 20.7. The SMILES string of the molecule is CN[C@@]12CC[C@@H](C1)N(Cc1ccc(N3CCC4(CCOC4)CC3)c(-c3ccc(C#N)c(F)c3)c1)C2. The Kier molecular flexibility index (Phi) is 5.83. The van der Waals surface area contributed by atoms with Gasteiger partial charge >= 0.3 is 0 Å². The van der Waals surface area contributed by atoms with E-state index in [2.05, 4.69) is 40.4 Å². The minimum Gasteiger partial charge on any atom is -0.381 e. The van der Waals surface area contributed by atoms with E-state index in [-0.39, 0.29) is 11.1 Å². The number of nitriles is 1. The van der Waals surface area contributed by atoms with Crippen LogP contribution in [0.5, 0.6) is 0 Å². The molecule has 2 bridgehead atoms. The monoisotopic (exact) mass is 474 g/mol. The minimum atomic E-state index is -0.449. The molecule has 6 heteroatoms. The Balaban J connectivity index is 1.30. The van der Waals surface area contributed by atoms with E-state index in [9.17, 15) is 9.65 Å². The number of hydrogen-bond acceptors (Lipinski definition) is 5. The summed E-state index contributed by atoms with van der Waals surface area (Å²) in [5.74, 6) is -0.449. The summed E-state index contributed by atoms with van der Waals surface area (Å²) in [7, 11) is 2.10. The number of halogens is 1. The van der Waals surface area contributed by atoms with Crippen molar-refractivity contribution in [1.29, 1.82) is 5.26 Å². The third-order valence-corrected chi connectivity index (χ3v) is 9.33. The zero-order chi connectivity index (χ0) is 24.0. The van der Waals surface area contributed by atoms with E-state index in [0.29, 0.717) is 11.5 Å². The highest BCUT2D eigenvalue weighted by Gasteiger charge is 2.48. The fourth-order valence-corrected chi connectivity index (χ4v) is 7.02. The highest BCUT2D eigenvalue weighted by atomic mass is 19.1. The third-order valence-electron chi connectivity index (χ3n) is 9.33. The van der Waals surface area contributed by atoms with Crippen LogP contribution in [0.15, 0.2) is 36.4 Å². The van der Waals surface area contributed by atoms with Gasteiger partial charge in [0.2, 0.25) is 0 Å². The molecule has 1 aliphatic carbocycles. The number of fused-ring (bicyclic) bond motifs is 2. The molecule has 5 nitrogen and oxygen atoms in total. The van der Waals surface area contributed by atoms with Crippen LogP contribution in [0.4, 0.5) is 10.1 Å². The number of anilines is 1. The minimum absolute atomic E-state index is 0.0954. The summed E-state index contributed by atoms with van der Waals surface area (Å²) in [6.07, 6.45) is 7.19. The van der Waals surface area contributed by atoms with Gasteiger partial charge in [0.1, 0.15) is 11.9 Å². The van der Waals surface area contributed by atoms with E-state index in [4.69, 9.17) is 4.74 Å². The quantitative estimate of drug-likeness (QED) is 0.681. The van der Waals surface area contributed by atoms with Crippen LogP contribution >= 0.6 is 0 Å². The lowest BCUT2D eigenvalue weighted by atomic mass is 9.78. The third kappa shape index (κ3) is 4.14. The van der Waals surface area contributed by atoms with E-state index in [1.54, 1.807) is 6.07 Å². The average molecular weight is 475 g/mol. The van der Waals surface area contributed by atoms with Crippen molar-refractivity contribution < 1.29 is 9.13 Å². The van der Waals surface area contributed by atoms with Crippen molar-refractivity contribution in [2.45, 2.75) is 56.7 Å². The van der Waals surface area contributed by atoms with Gasteiger partial charge in [0.05, 0.1) is 12.2 Å². The smallest absolute Gasteiger partial charge is 0.141 e. The van der Waals surface area contributed by atoms with Crippen molar-refractivity contribution in [2.24, 2.45) is 5.41 Å². The Hall–Kier alpha value is -2.46. The largest absolute Gasteiger partial charge is 0.381 e. The van der Waals surface area contributed by atoms with Crippen molar-refractivity contribution in [1.82, 2.24) is 10.2 Å². The molecule has 2 atom stereocenters. The second kappa shape index (κ2) is 8.89. The number of nitrogens with one attached hydrogen (secondary N) is 1. The van der Waals surface area contributed by atoms with Crippen LogP contribution in [0.3, 0.4) is 0 Å². The Bertz CT molecular complexity index is 1140. The molecule has 3 aliphatic heterocycles. The van der Waals surface area contributed by atoms with Crippen molar-refractivity contribution >= 4 is 5.69 Å². The number of benzene rings is 2. The maximum absolute atomic E-state index is 14.7. The molecule has 4 fully saturated rings. The first-order valence-electron chi connectivity index (χ1n) is 13.1. The van der Waals surface area contributed by atoms with Gasteiger partial charge < -0.3 is 15.0 Å². The molecule has 2 aromatic carbocycles. The molecule has 184 valence electrons. The second-order valence-electron chi connectivity index (χ2n) is 11.3. The molecule has 0 radical (unpaired) electrons. The number of ether oxygens (including phenoxy) is 1. The van der Waals surface area contributed by atoms with E-state index in [1.165, 1.54) is 43.0 Å². The van der Waals surface area contributed by atoms with Crippen molar-refractivity contribution in [3.8, 4) is 17.2 Å². The number of piperidine rings is 2. The highest BCUT2D eigenvalue weighted by molar-refractivity contribution is 5.80. The number of likely N-dealkylation sites (N-methyl/N-ethyl adjacent to an activating group) is 1. The molecule has 0 aromatic heterocycles. The Labute approximate surface area is 207 Å². The van der Waals surface area contributed by atoms with Gasteiger partial charge in [0.15, 0.2) is 0 Å². The van der Waals surface area contributed by atoms with Crippen LogP contribution in [0.2, 0.25) is 0 Å². The number of likely N-dealkylation sites (tertiary alicyclic amines) is 1. The fourth-order valence-electron chi connectivity index (χ4n) is 7.02. The lowest BCUT2D eigenvalue weighted by Crippen LogP contribution is -2.46. The standard InChI is InChI=1S/C29H35FN4O/c1-32-29-7-6-24(16-29)34(19-29)18-21-2-5-27(33-11-8-28(9-12-33)10-13-35-20-28)25(14-21)22-3-4-23(17-31)26(30)15-22/h2-5,14-15,24,32H,6-13,16,18-20H2,1H3/t24-,29-/m0/s1. The van der Waals surface area contributed by atoms with E-state index < -0.39 is 5.82 Å². The van der Waals surface area contributed by atoms with E-state index in [1.807, 2.05) is 12.1 Å². The molecule has 1 saturated carbocycles. The lowest BCUT2D eigenvalue weighted by molar-refractivity contribution is 0.134. The van der Waals surface area contributed by atoms with E-state index in [0.717, 1.165) is 63.4 Å². The Morgan fingerprint density at radius 2 is 2.00 bits per heavy atom. The van der Waals surface area contributed by atoms with Gasteiger partial charge in [-0.25, -0.2) is 4.39 Å². The molecular formula is C29H35FN4O. The second-order valence-corrected chi connectivity index (χ2v) is 11.3. The van der Waals surface area contributed by atoms with Gasteiger partial charge in [-0.05, 0) is 86.4 Å². The lowest BCUT2D eigenvalue weighted by Gasteiger charge is -2.40. The molecular weight excluding hydrogens is 439 g/mol. The van der Waals surface area contributed by atoms with Crippen LogP contribution in [-0.2, 0) is 11.3 Å². The van der Waals surface area contributed by atoms with Gasteiger partial charge in [-0.15, -0.1) is 0 Å². The molecule has 6 rings (SSSR count). The first-order chi connectivity index (χ1) is 17.0. The van der Waals surface area contributed by atoms with Crippen LogP contribution in [-0.4, -0.2) is 56.4 Å². The van der Waals surface area contributed by atoms with Crippen LogP contribution < -0.4 is 10.2 Å². The summed E-state index contributed by atoms with van der Waals surface area (Å²) in [4.78, 5) is 5.08. The topological polar surface area (TPSA) is 51.5 Å². The molecule has 0 unspecified atom stereocenters. The molecule has 0 amide bonds. The first kappa shape index (κ1) is 23.0. The van der Waals surface area contributed by atoms with Gasteiger partial charge in [-0.2, -0.15) is 5.26 Å². The number of rotatable bonds is 5. The first-order valence-corrected chi connectivity index (χ1v) is 13.1. The summed E-state index contributed by atoms with van der Waals surface area (Å²) in [6.45, 7) is 5.77. The molecule has 1 N–H and O–H groups in total. The normalized spacial score (nSPS) is 27.6. The zero-order valence-corrected chi connectivity index (χ0v) is 20.7. The highest BCUT2D eigenvalue weighted by Crippen LogP contribution is 2.44. The summed E-state index contributed by atoms with van der Waals surface area (Å²) in [6, 6.07) is 14.4. The van der Waals surface area contributed by atoms with Crippen LogP contribution in [0, 0.1) is 22.6 Å². The predicted octanol–water partition coefficient (Wildman–Crippen LogP) is 4.70. The molecule has 3 heterocycles. The van der Waals surface area contributed by atoms with Gasteiger partial charge in [-0.3, -0.25) is 4.90 Å². The van der Waals surface area contributed by atoms with Crippen molar-refractivity contribution in [3.05, 3.63) is 53.3 Å². The predicted molar refractivity (Wildman–Crippen MR) is 136 cm³/mol. The van der Waals surface area contributed by atoms with Crippen LogP contribution in [0.25, 0.3) is 11.1 Å². The average Bonchev–Trinajstić information content (AvgIpc) is 3.61. The van der Waals surface area contributed by atoms with E-state index >= 15 is 0 Å². The molecule has 35 heavy (non-hydrogen) atoms. The summed E-state index contributed by atoms with van der Waals surface area (Å²) in [5, 5.41) is 12.8. The number of nitrogens with zero attached hydrogens (tertiary/aromatic N) is 3. The summed E-state index contributed by atoms with van der Waals surface area (Å²) >= 11 is 0. The molecule has 2 aromatic rings. The molecule has 4 aliphatic rings. The maximum Gasteiger partial charge on any atom is 0.141 e. The summed E-state index contributed by atoms with van der Waals surface area (Å²) < 4.78 is 20.4. The Morgan fingerprint density at radius 3 is 2.69 bits per heavy atom. The van der Waals surface area contributed by atoms with Gasteiger partial charge in [0, 0.05) is 55.6 Å². The van der Waals surface area contributed by atoms with Gasteiger partial charge in [-0.1, -0.05) is 12.1 Å². The fraction of sp³-hybridized carbons (Fsp3) is 0.552.